The van der Waals surface area contributed by atoms with Crippen LogP contribution < -0.4 is 5.32 Å². The summed E-state index contributed by atoms with van der Waals surface area (Å²) in [6, 6.07) is 9.40. The highest BCUT2D eigenvalue weighted by Crippen LogP contribution is 2.03. The first-order valence-electron chi connectivity index (χ1n) is 4.83. The van der Waals surface area contributed by atoms with Gasteiger partial charge in [0.05, 0.1) is 0 Å². The van der Waals surface area contributed by atoms with Crippen molar-refractivity contribution >= 4 is 12.1 Å². The molecule has 0 saturated heterocycles. The van der Waals surface area contributed by atoms with Gasteiger partial charge in [-0.15, -0.1) is 0 Å². The fourth-order valence-electron chi connectivity index (χ4n) is 1.10. The lowest BCUT2D eigenvalue weighted by Gasteiger charge is -2.11. The number of urea groups is 1. The Balaban J connectivity index is 2.70. The highest BCUT2D eigenvalue weighted by atomic mass is 16.2. The first-order chi connectivity index (χ1) is 7.77. The van der Waals surface area contributed by atoms with E-state index >= 15 is 0 Å². The normalized spacial score (nSPS) is 9.75. The van der Waals surface area contributed by atoms with Gasteiger partial charge in [-0.1, -0.05) is 43.5 Å². The molecule has 0 fully saturated rings. The second-order valence-electron chi connectivity index (χ2n) is 2.97. The predicted octanol–water partition coefficient (Wildman–Crippen LogP) is 2.96. The van der Waals surface area contributed by atoms with Crippen molar-refractivity contribution in [3.05, 3.63) is 67.7 Å². The number of rotatable bonds is 4. The molecule has 16 heavy (non-hydrogen) atoms. The summed E-state index contributed by atoms with van der Waals surface area (Å²) in [5.41, 5.74) is 1.01. The van der Waals surface area contributed by atoms with Gasteiger partial charge in [-0.05, 0) is 17.8 Å². The van der Waals surface area contributed by atoms with Crippen LogP contribution in [0, 0.1) is 0 Å². The Labute approximate surface area is 95.4 Å². The van der Waals surface area contributed by atoms with Crippen molar-refractivity contribution in [3.8, 4) is 0 Å². The van der Waals surface area contributed by atoms with Crippen LogP contribution in [0.2, 0.25) is 0 Å². The van der Waals surface area contributed by atoms with Crippen LogP contribution in [0.1, 0.15) is 5.56 Å². The number of hydrogen-bond acceptors (Lipinski definition) is 1. The van der Waals surface area contributed by atoms with Crippen LogP contribution in [-0.2, 0) is 0 Å². The first-order valence-corrected chi connectivity index (χ1v) is 4.83. The Kier molecular flexibility index (Phi) is 4.60. The van der Waals surface area contributed by atoms with E-state index in [0.29, 0.717) is 0 Å². The summed E-state index contributed by atoms with van der Waals surface area (Å²) < 4.78 is 0. The fraction of sp³-hybridized carbons (Fsp3) is 0. The monoisotopic (exact) mass is 214 g/mol. The van der Waals surface area contributed by atoms with Crippen molar-refractivity contribution in [1.29, 1.82) is 0 Å². The van der Waals surface area contributed by atoms with Crippen LogP contribution in [0.15, 0.2) is 62.1 Å². The minimum atomic E-state index is -0.294. The van der Waals surface area contributed by atoms with Gasteiger partial charge in [-0.3, -0.25) is 4.90 Å². The lowest BCUT2D eigenvalue weighted by molar-refractivity contribution is 0.230. The smallest absolute Gasteiger partial charge is 0.315 e. The van der Waals surface area contributed by atoms with E-state index in [1.165, 1.54) is 17.3 Å². The second kappa shape index (κ2) is 6.24. The molecule has 0 heterocycles. The van der Waals surface area contributed by atoms with Gasteiger partial charge in [-0.25, -0.2) is 4.79 Å². The van der Waals surface area contributed by atoms with E-state index in [9.17, 15) is 4.79 Å². The summed E-state index contributed by atoms with van der Waals surface area (Å²) >= 11 is 0. The molecule has 0 aliphatic rings. The number of benzene rings is 1. The standard InChI is InChI=1S/C13H14N2O/c1-3-14-13(16)15(4-2)11-10-12-8-6-5-7-9-12/h3-11H,1-2H2,(H,14,16). The van der Waals surface area contributed by atoms with Gasteiger partial charge in [-0.2, -0.15) is 0 Å². The highest BCUT2D eigenvalue weighted by molar-refractivity contribution is 5.78. The van der Waals surface area contributed by atoms with Crippen LogP contribution in [0.5, 0.6) is 0 Å². The third-order valence-corrected chi connectivity index (χ3v) is 1.88. The van der Waals surface area contributed by atoms with E-state index in [1.807, 2.05) is 36.4 Å². The maximum atomic E-state index is 11.4. The molecule has 1 N–H and O–H groups in total. The van der Waals surface area contributed by atoms with E-state index in [1.54, 1.807) is 6.20 Å². The van der Waals surface area contributed by atoms with Crippen LogP contribution in [0.3, 0.4) is 0 Å². The van der Waals surface area contributed by atoms with Gasteiger partial charge in [0.25, 0.3) is 0 Å². The van der Waals surface area contributed by atoms with Gasteiger partial charge >= 0.3 is 6.03 Å². The number of nitrogens with one attached hydrogen (secondary N) is 1. The largest absolute Gasteiger partial charge is 0.329 e. The summed E-state index contributed by atoms with van der Waals surface area (Å²) in [4.78, 5) is 12.8. The summed E-state index contributed by atoms with van der Waals surface area (Å²) in [6.07, 6.45) is 6.22. The van der Waals surface area contributed by atoms with E-state index in [2.05, 4.69) is 18.5 Å². The summed E-state index contributed by atoms with van der Waals surface area (Å²) in [5, 5.41) is 2.46. The molecule has 0 aliphatic heterocycles. The third-order valence-electron chi connectivity index (χ3n) is 1.88. The van der Waals surface area contributed by atoms with E-state index in [4.69, 9.17) is 0 Å². The van der Waals surface area contributed by atoms with Crippen molar-refractivity contribution < 1.29 is 4.79 Å². The number of nitrogens with zero attached hydrogens (tertiary/aromatic N) is 1. The van der Waals surface area contributed by atoms with Crippen LogP contribution in [-0.4, -0.2) is 10.9 Å². The van der Waals surface area contributed by atoms with Crippen molar-refractivity contribution in [3.63, 3.8) is 0 Å². The second-order valence-corrected chi connectivity index (χ2v) is 2.97. The van der Waals surface area contributed by atoms with E-state index in [0.717, 1.165) is 5.56 Å². The third kappa shape index (κ3) is 3.46. The first kappa shape index (κ1) is 11.8. The Bertz CT molecular complexity index is 396. The molecule has 0 atom stereocenters. The zero-order valence-corrected chi connectivity index (χ0v) is 8.97. The number of hydrogen-bond donors (Lipinski definition) is 1. The highest BCUT2D eigenvalue weighted by Gasteiger charge is 2.02. The Hall–Kier alpha value is -2.29. The zero-order valence-electron chi connectivity index (χ0n) is 8.97. The quantitative estimate of drug-likeness (QED) is 0.821. The molecule has 82 valence electrons. The molecule has 0 saturated carbocycles. The van der Waals surface area contributed by atoms with Gasteiger partial charge in [0.2, 0.25) is 0 Å². The molecule has 0 bridgehead atoms. The average molecular weight is 214 g/mol. The van der Waals surface area contributed by atoms with E-state index < -0.39 is 0 Å². The van der Waals surface area contributed by atoms with E-state index in [-0.39, 0.29) is 6.03 Å². The number of carbonyl (C=O) groups excluding carboxylic acids is 1. The zero-order chi connectivity index (χ0) is 11.8. The minimum Gasteiger partial charge on any atom is -0.315 e. The molecule has 1 rings (SSSR count). The molecule has 0 aromatic heterocycles. The summed E-state index contributed by atoms with van der Waals surface area (Å²) in [6.45, 7) is 6.97. The lowest BCUT2D eigenvalue weighted by atomic mass is 10.2. The van der Waals surface area contributed by atoms with Gasteiger partial charge in [0.15, 0.2) is 0 Å². The summed E-state index contributed by atoms with van der Waals surface area (Å²) in [7, 11) is 0. The van der Waals surface area contributed by atoms with Crippen LogP contribution in [0.4, 0.5) is 4.79 Å². The number of amides is 2. The molecule has 2 amide bonds. The maximum absolute atomic E-state index is 11.4. The van der Waals surface area contributed by atoms with Crippen molar-refractivity contribution in [1.82, 2.24) is 10.2 Å². The van der Waals surface area contributed by atoms with Crippen molar-refractivity contribution in [2.45, 2.75) is 0 Å². The number of carbonyl (C=O) groups is 1. The predicted molar refractivity (Wildman–Crippen MR) is 66.2 cm³/mol. The van der Waals surface area contributed by atoms with Gasteiger partial charge < -0.3 is 5.32 Å². The summed E-state index contributed by atoms with van der Waals surface area (Å²) in [5.74, 6) is 0. The minimum absolute atomic E-state index is 0.294. The molecular formula is C13H14N2O. The topological polar surface area (TPSA) is 32.3 Å². The molecule has 0 spiro atoms. The molecule has 1 aromatic carbocycles. The molecule has 3 nitrogen and oxygen atoms in total. The fourth-order valence-corrected chi connectivity index (χ4v) is 1.10. The molecule has 0 radical (unpaired) electrons. The molecule has 0 unspecified atom stereocenters. The Morgan fingerprint density at radius 3 is 2.50 bits per heavy atom. The Morgan fingerprint density at radius 2 is 1.94 bits per heavy atom. The molecular weight excluding hydrogens is 200 g/mol. The Morgan fingerprint density at radius 1 is 1.25 bits per heavy atom. The van der Waals surface area contributed by atoms with Crippen molar-refractivity contribution in [2.75, 3.05) is 0 Å². The molecule has 0 aliphatic carbocycles. The van der Waals surface area contributed by atoms with Crippen molar-refractivity contribution in [2.24, 2.45) is 0 Å². The molecule has 3 heteroatoms. The average Bonchev–Trinajstić information content (AvgIpc) is 2.31. The van der Waals surface area contributed by atoms with Crippen LogP contribution in [0.25, 0.3) is 6.08 Å². The van der Waals surface area contributed by atoms with Gasteiger partial charge in [0.1, 0.15) is 0 Å². The maximum Gasteiger partial charge on any atom is 0.329 e. The lowest BCUT2D eigenvalue weighted by Crippen LogP contribution is -2.28. The van der Waals surface area contributed by atoms with Crippen LogP contribution >= 0.6 is 0 Å². The van der Waals surface area contributed by atoms with Gasteiger partial charge in [0, 0.05) is 12.4 Å². The SMILES string of the molecule is C=CNC(=O)N(C=C)C=Cc1ccccc1. The molecule has 1 aromatic rings.